The Bertz CT molecular complexity index is 285. The Morgan fingerprint density at radius 3 is 2.44 bits per heavy atom. The molecule has 0 aromatic carbocycles. The fraction of sp³-hybridized carbons (Fsp3) is 0.636. The first-order chi connectivity index (χ1) is 7.71. The lowest BCUT2D eigenvalue weighted by molar-refractivity contribution is -0.140. The molecular formula is C11H17NO4. The Morgan fingerprint density at radius 1 is 1.31 bits per heavy atom. The number of methoxy groups -OCH3 is 1. The molecule has 16 heavy (non-hydrogen) atoms. The van der Waals surface area contributed by atoms with Gasteiger partial charge in [0.2, 0.25) is 0 Å². The number of carbonyl (C=O) groups excluding carboxylic acids is 1. The fourth-order valence-corrected chi connectivity index (χ4v) is 1.05. The molecular weight excluding hydrogens is 210 g/mol. The van der Waals surface area contributed by atoms with E-state index in [9.17, 15) is 4.79 Å². The molecule has 0 aliphatic heterocycles. The van der Waals surface area contributed by atoms with E-state index in [1.54, 1.807) is 13.0 Å². The van der Waals surface area contributed by atoms with Gasteiger partial charge in [-0.25, -0.2) is 4.79 Å². The summed E-state index contributed by atoms with van der Waals surface area (Å²) >= 11 is 0. The third kappa shape index (κ3) is 4.80. The van der Waals surface area contributed by atoms with E-state index < -0.39 is 5.97 Å². The van der Waals surface area contributed by atoms with Crippen LogP contribution in [0.4, 0.5) is 0 Å². The van der Waals surface area contributed by atoms with Crippen LogP contribution in [0.1, 0.15) is 20.3 Å². The number of carbonyl (C=O) groups is 1. The van der Waals surface area contributed by atoms with Crippen molar-refractivity contribution in [3.8, 4) is 6.07 Å². The molecule has 0 unspecified atom stereocenters. The van der Waals surface area contributed by atoms with E-state index in [0.29, 0.717) is 25.4 Å². The van der Waals surface area contributed by atoms with Gasteiger partial charge < -0.3 is 14.2 Å². The van der Waals surface area contributed by atoms with Crippen molar-refractivity contribution < 1.29 is 19.0 Å². The van der Waals surface area contributed by atoms with Crippen molar-refractivity contribution in [3.63, 3.8) is 0 Å². The maximum atomic E-state index is 11.5. The molecule has 0 amide bonds. The number of nitriles is 1. The quantitative estimate of drug-likeness (QED) is 0.216. The van der Waals surface area contributed by atoms with E-state index in [1.807, 2.05) is 6.92 Å². The van der Waals surface area contributed by atoms with Gasteiger partial charge in [0, 0.05) is 13.0 Å². The van der Waals surface area contributed by atoms with Gasteiger partial charge in [0.1, 0.15) is 18.4 Å². The number of hydrogen-bond donors (Lipinski definition) is 0. The highest BCUT2D eigenvalue weighted by molar-refractivity contribution is 5.93. The maximum absolute atomic E-state index is 11.5. The number of allylic oxidation sites excluding steroid dienone is 1. The third-order valence-corrected chi connectivity index (χ3v) is 1.83. The van der Waals surface area contributed by atoms with Gasteiger partial charge in [-0.2, -0.15) is 5.26 Å². The van der Waals surface area contributed by atoms with Gasteiger partial charge in [0.15, 0.2) is 5.57 Å². The van der Waals surface area contributed by atoms with Crippen molar-refractivity contribution in [1.29, 1.82) is 5.26 Å². The third-order valence-electron chi connectivity index (χ3n) is 1.83. The van der Waals surface area contributed by atoms with Crippen molar-refractivity contribution in [2.24, 2.45) is 0 Å². The van der Waals surface area contributed by atoms with Crippen LogP contribution in [0.5, 0.6) is 0 Å². The number of esters is 1. The van der Waals surface area contributed by atoms with Crippen LogP contribution < -0.4 is 0 Å². The van der Waals surface area contributed by atoms with Crippen LogP contribution in [0.2, 0.25) is 0 Å². The monoisotopic (exact) mass is 227 g/mol. The predicted molar refractivity (Wildman–Crippen MR) is 57.4 cm³/mol. The first-order valence-electron chi connectivity index (χ1n) is 5.13. The van der Waals surface area contributed by atoms with E-state index in [1.165, 1.54) is 7.11 Å². The highest BCUT2D eigenvalue weighted by Gasteiger charge is 2.16. The van der Waals surface area contributed by atoms with Crippen LogP contribution in [0.15, 0.2) is 11.3 Å². The molecule has 0 aliphatic rings. The van der Waals surface area contributed by atoms with Crippen molar-refractivity contribution in [1.82, 2.24) is 0 Å². The minimum Gasteiger partial charge on any atom is -0.499 e. The Kier molecular flexibility index (Phi) is 7.90. The summed E-state index contributed by atoms with van der Waals surface area (Å²) in [5.41, 5.74) is -0.0819. The lowest BCUT2D eigenvalue weighted by atomic mass is 10.2. The molecule has 0 saturated carbocycles. The van der Waals surface area contributed by atoms with Crippen molar-refractivity contribution in [2.45, 2.75) is 20.3 Å². The maximum Gasteiger partial charge on any atom is 0.352 e. The zero-order valence-corrected chi connectivity index (χ0v) is 9.91. The summed E-state index contributed by atoms with van der Waals surface area (Å²) in [5, 5.41) is 8.81. The highest BCUT2D eigenvalue weighted by Crippen LogP contribution is 2.10. The van der Waals surface area contributed by atoms with Gasteiger partial charge in [-0.1, -0.05) is 6.92 Å². The minimum absolute atomic E-state index is 0.0819. The predicted octanol–water partition coefficient (Wildman–Crippen LogP) is 1.40. The molecule has 0 fully saturated rings. The van der Waals surface area contributed by atoms with Crippen LogP contribution in [0, 0.1) is 11.3 Å². The van der Waals surface area contributed by atoms with Crippen molar-refractivity contribution in [2.75, 3.05) is 26.9 Å². The molecule has 0 atom stereocenters. The Hall–Kier alpha value is -1.54. The number of ether oxygens (including phenoxy) is 3. The molecule has 0 heterocycles. The summed E-state index contributed by atoms with van der Waals surface area (Å²) in [6, 6.07) is 1.78. The summed E-state index contributed by atoms with van der Waals surface area (Å²) in [4.78, 5) is 11.5. The molecule has 0 spiro atoms. The molecule has 90 valence electrons. The summed E-state index contributed by atoms with van der Waals surface area (Å²) in [6.07, 6.45) is 0.472. The molecule has 0 bridgehead atoms. The summed E-state index contributed by atoms with van der Waals surface area (Å²) in [6.45, 7) is 4.68. The zero-order chi connectivity index (χ0) is 12.4. The van der Waals surface area contributed by atoms with Crippen LogP contribution in [-0.2, 0) is 19.0 Å². The Labute approximate surface area is 95.6 Å². The van der Waals surface area contributed by atoms with E-state index in [0.717, 1.165) is 0 Å². The Balaban J connectivity index is 4.33. The molecule has 0 aromatic rings. The molecule has 0 saturated heterocycles. The molecule has 0 rings (SSSR count). The number of rotatable bonds is 7. The first-order valence-corrected chi connectivity index (χ1v) is 5.13. The molecule has 0 N–H and O–H groups in total. The molecule has 5 nitrogen and oxygen atoms in total. The second-order valence-corrected chi connectivity index (χ2v) is 2.80. The van der Waals surface area contributed by atoms with Gasteiger partial charge in [0.05, 0.1) is 13.7 Å². The second-order valence-electron chi connectivity index (χ2n) is 2.80. The topological polar surface area (TPSA) is 68.5 Å². The van der Waals surface area contributed by atoms with Gasteiger partial charge in [-0.3, -0.25) is 0 Å². The van der Waals surface area contributed by atoms with Crippen molar-refractivity contribution in [3.05, 3.63) is 11.3 Å². The fourth-order valence-electron chi connectivity index (χ4n) is 1.05. The van der Waals surface area contributed by atoms with E-state index in [-0.39, 0.29) is 12.2 Å². The van der Waals surface area contributed by atoms with Crippen LogP contribution in [0.3, 0.4) is 0 Å². The summed E-state index contributed by atoms with van der Waals surface area (Å²) in [7, 11) is 1.42. The normalized spacial score (nSPS) is 11.4. The lowest BCUT2D eigenvalue weighted by Gasteiger charge is -2.07. The molecule has 0 aliphatic carbocycles. The lowest BCUT2D eigenvalue weighted by Crippen LogP contribution is -2.14. The largest absolute Gasteiger partial charge is 0.499 e. The van der Waals surface area contributed by atoms with Crippen molar-refractivity contribution >= 4 is 5.97 Å². The van der Waals surface area contributed by atoms with Gasteiger partial charge >= 0.3 is 5.97 Å². The van der Waals surface area contributed by atoms with E-state index in [2.05, 4.69) is 0 Å². The number of nitrogens with zero attached hydrogens (tertiary/aromatic N) is 1. The van der Waals surface area contributed by atoms with E-state index in [4.69, 9.17) is 19.5 Å². The Morgan fingerprint density at radius 2 is 2.00 bits per heavy atom. The SMILES string of the molecule is CCOCCOC(=O)/C(C#N)=C(/CC)OC. The van der Waals surface area contributed by atoms with E-state index >= 15 is 0 Å². The highest BCUT2D eigenvalue weighted by atomic mass is 16.6. The smallest absolute Gasteiger partial charge is 0.352 e. The zero-order valence-electron chi connectivity index (χ0n) is 9.91. The van der Waals surface area contributed by atoms with Crippen LogP contribution in [-0.4, -0.2) is 32.9 Å². The van der Waals surface area contributed by atoms with Crippen LogP contribution in [0.25, 0.3) is 0 Å². The van der Waals surface area contributed by atoms with Gasteiger partial charge in [-0.15, -0.1) is 0 Å². The first kappa shape index (κ1) is 14.5. The molecule has 5 heteroatoms. The standard InChI is InChI=1S/C11H17NO4/c1-4-10(14-3)9(8-12)11(13)16-7-6-15-5-2/h4-7H2,1-3H3/b10-9-. The van der Waals surface area contributed by atoms with Crippen LogP contribution >= 0.6 is 0 Å². The van der Waals surface area contributed by atoms with Gasteiger partial charge in [-0.05, 0) is 6.92 Å². The average Bonchev–Trinajstić information content (AvgIpc) is 2.31. The molecule has 0 aromatic heterocycles. The van der Waals surface area contributed by atoms with Gasteiger partial charge in [0.25, 0.3) is 0 Å². The molecule has 0 radical (unpaired) electrons. The minimum atomic E-state index is -0.666. The summed E-state index contributed by atoms with van der Waals surface area (Å²) < 4.78 is 14.8. The average molecular weight is 227 g/mol. The summed E-state index contributed by atoms with van der Waals surface area (Å²) in [5.74, 6) is -0.329. The number of hydrogen-bond acceptors (Lipinski definition) is 5. The second kappa shape index (κ2) is 8.74.